The maximum atomic E-state index is 12.6. The number of ether oxygens (including phenoxy) is 1. The molecule has 24 heavy (non-hydrogen) atoms. The molecule has 0 amide bonds. The Kier molecular flexibility index (Phi) is 4.11. The van der Waals surface area contributed by atoms with Crippen molar-refractivity contribution in [1.82, 2.24) is 0 Å². The zero-order valence-corrected chi connectivity index (χ0v) is 12.8. The summed E-state index contributed by atoms with van der Waals surface area (Å²) in [5.74, 6) is 0.451. The SMILES string of the molecule is COc1cccc2occ(/C=C/c3ccc([N+](=O)[O-])cc3)c(=O)c12. The normalized spacial score (nSPS) is 11.0. The number of non-ortho nitro benzene ring substituents is 1. The maximum Gasteiger partial charge on any atom is 0.269 e. The van der Waals surface area contributed by atoms with Crippen LogP contribution in [0.25, 0.3) is 23.1 Å². The van der Waals surface area contributed by atoms with Gasteiger partial charge in [-0.25, -0.2) is 0 Å². The van der Waals surface area contributed by atoms with Crippen LogP contribution in [0, 0.1) is 10.1 Å². The molecule has 120 valence electrons. The molecule has 0 aliphatic heterocycles. The van der Waals surface area contributed by atoms with Crippen LogP contribution >= 0.6 is 0 Å². The highest BCUT2D eigenvalue weighted by Crippen LogP contribution is 2.23. The Bertz CT molecular complexity index is 986. The van der Waals surface area contributed by atoms with Crippen molar-refractivity contribution < 1.29 is 14.1 Å². The van der Waals surface area contributed by atoms with Gasteiger partial charge in [0.25, 0.3) is 5.69 Å². The van der Waals surface area contributed by atoms with Gasteiger partial charge in [-0.15, -0.1) is 0 Å². The van der Waals surface area contributed by atoms with E-state index in [-0.39, 0.29) is 11.1 Å². The summed E-state index contributed by atoms with van der Waals surface area (Å²) in [4.78, 5) is 22.8. The second-order valence-electron chi connectivity index (χ2n) is 5.04. The van der Waals surface area contributed by atoms with Crippen molar-refractivity contribution in [2.45, 2.75) is 0 Å². The van der Waals surface area contributed by atoms with Crippen LogP contribution in [-0.4, -0.2) is 12.0 Å². The number of benzene rings is 2. The molecule has 1 heterocycles. The van der Waals surface area contributed by atoms with Gasteiger partial charge in [-0.1, -0.05) is 12.1 Å². The minimum absolute atomic E-state index is 0.0158. The van der Waals surface area contributed by atoms with E-state index in [4.69, 9.17) is 9.15 Å². The van der Waals surface area contributed by atoms with Gasteiger partial charge in [0.15, 0.2) is 0 Å². The molecule has 0 fully saturated rings. The summed E-state index contributed by atoms with van der Waals surface area (Å²) in [6.07, 6.45) is 4.68. The standard InChI is InChI=1S/C18H13NO5/c1-23-15-3-2-4-16-17(15)18(20)13(11-24-16)8-5-12-6-9-14(10-7-12)19(21)22/h2-11H,1H3/b8-5+. The lowest BCUT2D eigenvalue weighted by molar-refractivity contribution is -0.384. The van der Waals surface area contributed by atoms with Crippen molar-refractivity contribution in [3.63, 3.8) is 0 Å². The van der Waals surface area contributed by atoms with E-state index >= 15 is 0 Å². The quantitative estimate of drug-likeness (QED) is 0.537. The number of hydrogen-bond acceptors (Lipinski definition) is 5. The number of rotatable bonds is 4. The molecule has 3 rings (SSSR count). The lowest BCUT2D eigenvalue weighted by Crippen LogP contribution is -2.06. The first-order chi connectivity index (χ1) is 11.6. The molecule has 6 nitrogen and oxygen atoms in total. The van der Waals surface area contributed by atoms with Gasteiger partial charge < -0.3 is 9.15 Å². The molecule has 1 aromatic heterocycles. The Balaban J connectivity index is 1.99. The van der Waals surface area contributed by atoms with Crippen LogP contribution in [0.4, 0.5) is 5.69 Å². The van der Waals surface area contributed by atoms with E-state index in [9.17, 15) is 14.9 Å². The highest BCUT2D eigenvalue weighted by Gasteiger charge is 2.10. The van der Waals surface area contributed by atoms with Crippen molar-refractivity contribution in [1.29, 1.82) is 0 Å². The van der Waals surface area contributed by atoms with Gasteiger partial charge in [0, 0.05) is 12.1 Å². The van der Waals surface area contributed by atoms with Gasteiger partial charge in [0.05, 0.1) is 17.6 Å². The lowest BCUT2D eigenvalue weighted by atomic mass is 10.1. The molecule has 0 aliphatic carbocycles. The van der Waals surface area contributed by atoms with Gasteiger partial charge in [-0.3, -0.25) is 14.9 Å². The number of nitrogens with zero attached hydrogens (tertiary/aromatic N) is 1. The largest absolute Gasteiger partial charge is 0.496 e. The predicted molar refractivity (Wildman–Crippen MR) is 91.1 cm³/mol. The highest BCUT2D eigenvalue weighted by molar-refractivity contribution is 5.86. The number of fused-ring (bicyclic) bond motifs is 1. The van der Waals surface area contributed by atoms with Gasteiger partial charge in [0.1, 0.15) is 23.0 Å². The first-order valence-electron chi connectivity index (χ1n) is 7.11. The topological polar surface area (TPSA) is 82.6 Å². The van der Waals surface area contributed by atoms with Crippen LogP contribution in [0.3, 0.4) is 0 Å². The third-order valence-corrected chi connectivity index (χ3v) is 3.57. The Morgan fingerprint density at radius 1 is 1.12 bits per heavy atom. The number of methoxy groups -OCH3 is 1. The summed E-state index contributed by atoms with van der Waals surface area (Å²) >= 11 is 0. The number of nitro benzene ring substituents is 1. The lowest BCUT2D eigenvalue weighted by Gasteiger charge is -2.04. The Hall–Kier alpha value is -3.41. The third-order valence-electron chi connectivity index (χ3n) is 3.57. The molecule has 0 atom stereocenters. The van der Waals surface area contributed by atoms with Crippen molar-refractivity contribution >= 4 is 28.8 Å². The first-order valence-corrected chi connectivity index (χ1v) is 7.11. The zero-order valence-electron chi connectivity index (χ0n) is 12.8. The minimum atomic E-state index is -0.461. The first kappa shape index (κ1) is 15.5. The second kappa shape index (κ2) is 6.37. The van der Waals surface area contributed by atoms with Crippen LogP contribution in [-0.2, 0) is 0 Å². The molecular formula is C18H13NO5. The van der Waals surface area contributed by atoms with E-state index in [1.165, 1.54) is 25.5 Å². The van der Waals surface area contributed by atoms with E-state index in [0.29, 0.717) is 22.3 Å². The molecule has 0 radical (unpaired) electrons. The zero-order chi connectivity index (χ0) is 17.1. The Morgan fingerprint density at radius 2 is 1.88 bits per heavy atom. The average molecular weight is 323 g/mol. The summed E-state index contributed by atoms with van der Waals surface area (Å²) in [6.45, 7) is 0. The average Bonchev–Trinajstić information content (AvgIpc) is 2.61. The second-order valence-corrected chi connectivity index (χ2v) is 5.04. The number of hydrogen-bond donors (Lipinski definition) is 0. The van der Waals surface area contributed by atoms with Crippen molar-refractivity contribution in [2.75, 3.05) is 7.11 Å². The minimum Gasteiger partial charge on any atom is -0.496 e. The third kappa shape index (κ3) is 2.89. The fourth-order valence-corrected chi connectivity index (χ4v) is 2.34. The summed E-state index contributed by atoms with van der Waals surface area (Å²) in [6, 6.07) is 11.2. The van der Waals surface area contributed by atoms with Gasteiger partial charge in [-0.05, 0) is 35.9 Å². The van der Waals surface area contributed by atoms with Gasteiger partial charge in [-0.2, -0.15) is 0 Å². The van der Waals surface area contributed by atoms with E-state index in [2.05, 4.69) is 0 Å². The van der Waals surface area contributed by atoms with Crippen molar-refractivity contribution in [3.8, 4) is 5.75 Å². The molecule has 0 saturated carbocycles. The molecule has 0 N–H and O–H groups in total. The smallest absolute Gasteiger partial charge is 0.269 e. The number of nitro groups is 1. The van der Waals surface area contributed by atoms with Crippen LogP contribution in [0.15, 0.2) is 57.9 Å². The van der Waals surface area contributed by atoms with Crippen LogP contribution in [0.2, 0.25) is 0 Å². The molecule has 0 unspecified atom stereocenters. The molecule has 6 heteroatoms. The van der Waals surface area contributed by atoms with E-state index in [1.54, 1.807) is 42.5 Å². The molecule has 0 saturated heterocycles. The van der Waals surface area contributed by atoms with E-state index in [0.717, 1.165) is 5.56 Å². The fraction of sp³-hybridized carbons (Fsp3) is 0.0556. The molecule has 0 bridgehead atoms. The van der Waals surface area contributed by atoms with E-state index < -0.39 is 4.92 Å². The molecule has 0 spiro atoms. The van der Waals surface area contributed by atoms with Gasteiger partial charge >= 0.3 is 0 Å². The van der Waals surface area contributed by atoms with E-state index in [1.807, 2.05) is 0 Å². The summed E-state index contributed by atoms with van der Waals surface area (Å²) in [5.41, 5.74) is 1.37. The van der Waals surface area contributed by atoms with Gasteiger partial charge in [0.2, 0.25) is 5.43 Å². The fourth-order valence-electron chi connectivity index (χ4n) is 2.34. The van der Waals surface area contributed by atoms with Crippen molar-refractivity contribution in [2.24, 2.45) is 0 Å². The molecule has 3 aromatic rings. The summed E-state index contributed by atoms with van der Waals surface area (Å²) in [7, 11) is 1.49. The molecule has 2 aromatic carbocycles. The monoisotopic (exact) mass is 323 g/mol. The van der Waals surface area contributed by atoms with Crippen LogP contribution in [0.5, 0.6) is 5.75 Å². The predicted octanol–water partition coefficient (Wildman–Crippen LogP) is 3.88. The molecule has 0 aliphatic rings. The molecular weight excluding hydrogens is 310 g/mol. The Labute approximate surface area is 136 Å². The maximum absolute atomic E-state index is 12.6. The highest BCUT2D eigenvalue weighted by atomic mass is 16.6. The summed E-state index contributed by atoms with van der Waals surface area (Å²) in [5, 5.41) is 11.0. The van der Waals surface area contributed by atoms with Crippen molar-refractivity contribution in [3.05, 3.63) is 80.2 Å². The Morgan fingerprint density at radius 3 is 2.54 bits per heavy atom. The summed E-state index contributed by atoms with van der Waals surface area (Å²) < 4.78 is 10.7. The van der Waals surface area contributed by atoms with Crippen LogP contribution < -0.4 is 10.2 Å². The van der Waals surface area contributed by atoms with Crippen LogP contribution in [0.1, 0.15) is 11.1 Å².